The summed E-state index contributed by atoms with van der Waals surface area (Å²) in [7, 11) is 0. The first-order valence-corrected chi connectivity index (χ1v) is 6.15. The van der Waals surface area contributed by atoms with Crippen molar-refractivity contribution >= 4 is 5.91 Å². The maximum absolute atomic E-state index is 11.7. The van der Waals surface area contributed by atoms with Crippen LogP contribution in [0.25, 0.3) is 0 Å². The summed E-state index contributed by atoms with van der Waals surface area (Å²) in [6.07, 6.45) is 3.12. The quantitative estimate of drug-likeness (QED) is 0.599. The molecule has 0 radical (unpaired) electrons. The minimum atomic E-state index is -0.182. The van der Waals surface area contributed by atoms with E-state index in [-0.39, 0.29) is 24.0 Å². The molecule has 1 aliphatic rings. The Labute approximate surface area is 97.8 Å². The Morgan fingerprint density at radius 1 is 1.56 bits per heavy atom. The van der Waals surface area contributed by atoms with E-state index in [1.807, 2.05) is 20.8 Å². The first-order chi connectivity index (χ1) is 7.50. The van der Waals surface area contributed by atoms with E-state index in [9.17, 15) is 9.90 Å². The molecule has 1 amide bonds. The van der Waals surface area contributed by atoms with Crippen LogP contribution in [0.15, 0.2) is 0 Å². The van der Waals surface area contributed by atoms with Gasteiger partial charge >= 0.3 is 0 Å². The number of nitrogens with one attached hydrogen (secondary N) is 2. The van der Waals surface area contributed by atoms with E-state index in [0.717, 1.165) is 19.3 Å². The zero-order valence-electron chi connectivity index (χ0n) is 10.5. The number of aliphatic hydroxyl groups excluding tert-OH is 1. The predicted octanol–water partition coefficient (Wildman–Crippen LogP) is 0.652. The van der Waals surface area contributed by atoms with Gasteiger partial charge in [0, 0.05) is 24.6 Å². The van der Waals surface area contributed by atoms with Gasteiger partial charge in [-0.25, -0.2) is 0 Å². The molecular weight excluding hydrogens is 204 g/mol. The molecule has 94 valence electrons. The number of hydrogen-bond acceptors (Lipinski definition) is 3. The van der Waals surface area contributed by atoms with Gasteiger partial charge in [-0.1, -0.05) is 13.8 Å². The van der Waals surface area contributed by atoms with Crippen LogP contribution in [0.1, 0.15) is 40.0 Å². The van der Waals surface area contributed by atoms with E-state index in [2.05, 4.69) is 10.6 Å². The molecule has 0 saturated heterocycles. The monoisotopic (exact) mass is 228 g/mol. The molecule has 1 saturated carbocycles. The van der Waals surface area contributed by atoms with Gasteiger partial charge in [-0.15, -0.1) is 0 Å². The Morgan fingerprint density at radius 2 is 2.19 bits per heavy atom. The van der Waals surface area contributed by atoms with Crippen molar-refractivity contribution in [3.63, 3.8) is 0 Å². The third-order valence-corrected chi connectivity index (χ3v) is 3.39. The van der Waals surface area contributed by atoms with E-state index < -0.39 is 0 Å². The largest absolute Gasteiger partial charge is 0.396 e. The molecule has 0 heterocycles. The second-order valence-corrected chi connectivity index (χ2v) is 5.21. The molecule has 4 heteroatoms. The number of amides is 1. The summed E-state index contributed by atoms with van der Waals surface area (Å²) in [4.78, 5) is 11.7. The zero-order valence-corrected chi connectivity index (χ0v) is 10.5. The van der Waals surface area contributed by atoms with Gasteiger partial charge in [0.2, 0.25) is 5.91 Å². The average Bonchev–Trinajstić information content (AvgIpc) is 3.09. The normalized spacial score (nSPS) is 21.2. The zero-order chi connectivity index (χ0) is 12.2. The van der Waals surface area contributed by atoms with Crippen molar-refractivity contribution in [2.24, 2.45) is 5.41 Å². The minimum absolute atomic E-state index is 0.0684. The molecular formula is C12H24N2O2. The van der Waals surface area contributed by atoms with Crippen LogP contribution < -0.4 is 10.6 Å². The second-order valence-electron chi connectivity index (χ2n) is 5.21. The molecule has 0 bridgehead atoms. The molecule has 2 unspecified atom stereocenters. The maximum Gasteiger partial charge on any atom is 0.237 e. The third-order valence-electron chi connectivity index (χ3n) is 3.39. The molecule has 0 aromatic carbocycles. The minimum Gasteiger partial charge on any atom is -0.396 e. The van der Waals surface area contributed by atoms with Gasteiger partial charge in [0.15, 0.2) is 0 Å². The highest BCUT2D eigenvalue weighted by Gasteiger charge is 2.27. The fourth-order valence-corrected chi connectivity index (χ4v) is 1.34. The molecule has 0 aromatic rings. The molecule has 4 nitrogen and oxygen atoms in total. The van der Waals surface area contributed by atoms with Gasteiger partial charge < -0.3 is 15.7 Å². The highest BCUT2D eigenvalue weighted by atomic mass is 16.3. The van der Waals surface area contributed by atoms with Crippen LogP contribution in [0.2, 0.25) is 0 Å². The fraction of sp³-hybridized carbons (Fsp3) is 0.917. The van der Waals surface area contributed by atoms with Crippen molar-refractivity contribution in [1.82, 2.24) is 10.6 Å². The van der Waals surface area contributed by atoms with E-state index in [4.69, 9.17) is 0 Å². The van der Waals surface area contributed by atoms with Crippen molar-refractivity contribution in [3.05, 3.63) is 0 Å². The second kappa shape index (κ2) is 5.64. The standard InChI is InChI=1S/C12H24N2O2/c1-4-12(3,8-15)7-13-9(2)11(16)14-10-5-6-10/h9-10,13,15H,4-8H2,1-3H3,(H,14,16). The van der Waals surface area contributed by atoms with Crippen LogP contribution in [0.5, 0.6) is 0 Å². The summed E-state index contributed by atoms with van der Waals surface area (Å²) in [6.45, 7) is 6.75. The highest BCUT2D eigenvalue weighted by Crippen LogP contribution is 2.20. The van der Waals surface area contributed by atoms with Crippen molar-refractivity contribution < 1.29 is 9.90 Å². The molecule has 1 aliphatic carbocycles. The molecule has 1 fully saturated rings. The first kappa shape index (κ1) is 13.5. The van der Waals surface area contributed by atoms with E-state index in [0.29, 0.717) is 12.6 Å². The van der Waals surface area contributed by atoms with E-state index in [1.54, 1.807) is 0 Å². The van der Waals surface area contributed by atoms with Crippen molar-refractivity contribution in [2.45, 2.75) is 52.1 Å². The van der Waals surface area contributed by atoms with Gasteiger partial charge in [-0.05, 0) is 26.2 Å². The predicted molar refractivity (Wildman–Crippen MR) is 64.1 cm³/mol. The number of carbonyl (C=O) groups excluding carboxylic acids is 1. The van der Waals surface area contributed by atoms with E-state index >= 15 is 0 Å². The summed E-state index contributed by atoms with van der Waals surface area (Å²) in [5.41, 5.74) is -0.131. The van der Waals surface area contributed by atoms with Crippen LogP contribution >= 0.6 is 0 Å². The van der Waals surface area contributed by atoms with Gasteiger partial charge in [0.1, 0.15) is 0 Å². The average molecular weight is 228 g/mol. The number of carbonyl (C=O) groups is 1. The molecule has 0 aromatic heterocycles. The third kappa shape index (κ3) is 4.10. The summed E-state index contributed by atoms with van der Waals surface area (Å²) in [5.74, 6) is 0.0684. The Bertz CT molecular complexity index is 235. The SMILES string of the molecule is CCC(C)(CO)CNC(C)C(=O)NC1CC1. The Morgan fingerprint density at radius 3 is 2.62 bits per heavy atom. The number of rotatable bonds is 7. The fourth-order valence-electron chi connectivity index (χ4n) is 1.34. The lowest BCUT2D eigenvalue weighted by Gasteiger charge is -2.27. The van der Waals surface area contributed by atoms with Crippen molar-refractivity contribution in [2.75, 3.05) is 13.2 Å². The summed E-state index contributed by atoms with van der Waals surface area (Å²) < 4.78 is 0. The smallest absolute Gasteiger partial charge is 0.237 e. The van der Waals surface area contributed by atoms with Crippen LogP contribution in [0.4, 0.5) is 0 Å². The van der Waals surface area contributed by atoms with Crippen LogP contribution in [-0.2, 0) is 4.79 Å². The summed E-state index contributed by atoms with van der Waals surface area (Å²) in [5, 5.41) is 15.4. The topological polar surface area (TPSA) is 61.4 Å². The Kier molecular flexibility index (Phi) is 4.74. The van der Waals surface area contributed by atoms with Crippen LogP contribution in [-0.4, -0.2) is 36.2 Å². The lowest BCUT2D eigenvalue weighted by atomic mass is 9.88. The van der Waals surface area contributed by atoms with Crippen LogP contribution in [0, 0.1) is 5.41 Å². The Balaban J connectivity index is 2.26. The van der Waals surface area contributed by atoms with Gasteiger partial charge in [-0.3, -0.25) is 4.79 Å². The first-order valence-electron chi connectivity index (χ1n) is 6.15. The lowest BCUT2D eigenvalue weighted by molar-refractivity contribution is -0.123. The van der Waals surface area contributed by atoms with Crippen molar-refractivity contribution in [1.29, 1.82) is 0 Å². The van der Waals surface area contributed by atoms with Gasteiger partial charge in [0.25, 0.3) is 0 Å². The maximum atomic E-state index is 11.7. The molecule has 16 heavy (non-hydrogen) atoms. The molecule has 3 N–H and O–H groups in total. The Hall–Kier alpha value is -0.610. The lowest BCUT2D eigenvalue weighted by Crippen LogP contribution is -2.47. The number of hydrogen-bond donors (Lipinski definition) is 3. The molecule has 0 spiro atoms. The molecule has 1 rings (SSSR count). The highest BCUT2D eigenvalue weighted by molar-refractivity contribution is 5.81. The van der Waals surface area contributed by atoms with Gasteiger partial charge in [0.05, 0.1) is 6.04 Å². The van der Waals surface area contributed by atoms with Crippen molar-refractivity contribution in [3.8, 4) is 0 Å². The summed E-state index contributed by atoms with van der Waals surface area (Å²) in [6, 6.07) is 0.227. The molecule has 0 aliphatic heterocycles. The van der Waals surface area contributed by atoms with Gasteiger partial charge in [-0.2, -0.15) is 0 Å². The van der Waals surface area contributed by atoms with Crippen LogP contribution in [0.3, 0.4) is 0 Å². The number of aliphatic hydroxyl groups is 1. The summed E-state index contributed by atoms with van der Waals surface area (Å²) >= 11 is 0. The van der Waals surface area contributed by atoms with E-state index in [1.165, 1.54) is 0 Å². The molecule has 2 atom stereocenters.